The molecule has 2 aromatic rings. The Labute approximate surface area is 118 Å². The summed E-state index contributed by atoms with van der Waals surface area (Å²) < 4.78 is 5.01. The Morgan fingerprint density at radius 3 is 2.60 bits per heavy atom. The predicted octanol–water partition coefficient (Wildman–Crippen LogP) is 3.61. The monoisotopic (exact) mass is 268 g/mol. The van der Waals surface area contributed by atoms with Gasteiger partial charge in [-0.15, -0.1) is 0 Å². The molecule has 0 aliphatic carbocycles. The van der Waals surface area contributed by atoms with E-state index >= 15 is 0 Å². The second-order valence-corrected chi connectivity index (χ2v) is 4.44. The number of hydrogen-bond donors (Lipinski definition) is 1. The van der Waals surface area contributed by atoms with Gasteiger partial charge in [-0.05, 0) is 36.8 Å². The highest BCUT2D eigenvalue weighted by atomic mass is 16.5. The molecule has 0 fully saturated rings. The van der Waals surface area contributed by atoms with E-state index in [1.807, 2.05) is 25.1 Å². The molecule has 2 rings (SSSR count). The number of allylic oxidation sites excluding steroid dienone is 1. The molecule has 0 atom stereocenters. The van der Waals surface area contributed by atoms with Gasteiger partial charge < -0.3 is 9.84 Å². The second-order valence-electron chi connectivity index (χ2n) is 4.44. The predicted molar refractivity (Wildman–Crippen MR) is 79.2 cm³/mol. The van der Waals surface area contributed by atoms with Crippen LogP contribution in [0.15, 0.2) is 48.5 Å². The van der Waals surface area contributed by atoms with Crippen LogP contribution in [0.2, 0.25) is 0 Å². The second kappa shape index (κ2) is 6.06. The van der Waals surface area contributed by atoms with Crippen molar-refractivity contribution in [2.45, 2.75) is 6.92 Å². The number of phenols is 1. The van der Waals surface area contributed by atoms with Gasteiger partial charge in [0, 0.05) is 17.2 Å². The molecule has 0 saturated carbocycles. The van der Waals surface area contributed by atoms with E-state index in [0.717, 1.165) is 5.56 Å². The molecule has 0 unspecified atom stereocenters. The number of phenolic OH excluding ortho intramolecular Hbond substituents is 1. The molecule has 0 heterocycles. The highest BCUT2D eigenvalue weighted by Crippen LogP contribution is 2.24. The van der Waals surface area contributed by atoms with Gasteiger partial charge in [0.2, 0.25) is 0 Å². The fraction of sp³-hybridized carbons (Fsp3) is 0.118. The van der Waals surface area contributed by atoms with Crippen LogP contribution in [-0.4, -0.2) is 18.0 Å². The summed E-state index contributed by atoms with van der Waals surface area (Å²) in [6.07, 6.45) is 3.06. The number of methoxy groups -OCH3 is 1. The van der Waals surface area contributed by atoms with E-state index < -0.39 is 0 Å². The first-order valence-electron chi connectivity index (χ1n) is 6.27. The average Bonchev–Trinajstić information content (AvgIpc) is 2.46. The van der Waals surface area contributed by atoms with Crippen molar-refractivity contribution in [2.75, 3.05) is 7.11 Å². The third-order valence-corrected chi connectivity index (χ3v) is 3.06. The molecule has 2 aromatic carbocycles. The molecule has 0 bridgehead atoms. The maximum absolute atomic E-state index is 12.1. The van der Waals surface area contributed by atoms with Gasteiger partial charge in [-0.3, -0.25) is 4.79 Å². The van der Waals surface area contributed by atoms with Gasteiger partial charge in [0.25, 0.3) is 0 Å². The smallest absolute Gasteiger partial charge is 0.186 e. The summed E-state index contributed by atoms with van der Waals surface area (Å²) in [7, 11) is 1.53. The van der Waals surface area contributed by atoms with Crippen molar-refractivity contribution >= 4 is 11.9 Å². The summed E-state index contributed by atoms with van der Waals surface area (Å²) in [5.74, 6) is 0.571. The van der Waals surface area contributed by atoms with E-state index in [1.165, 1.54) is 19.3 Å². The van der Waals surface area contributed by atoms with Crippen LogP contribution in [0.4, 0.5) is 0 Å². The van der Waals surface area contributed by atoms with Crippen LogP contribution < -0.4 is 4.74 Å². The molecule has 0 saturated heterocycles. The van der Waals surface area contributed by atoms with Crippen LogP contribution in [0, 0.1) is 6.92 Å². The number of aromatic hydroxyl groups is 1. The Balaban J connectivity index is 2.22. The van der Waals surface area contributed by atoms with Crippen LogP contribution in [0.1, 0.15) is 21.5 Å². The molecule has 20 heavy (non-hydrogen) atoms. The zero-order chi connectivity index (χ0) is 14.5. The highest BCUT2D eigenvalue weighted by molar-refractivity contribution is 6.07. The molecule has 1 N–H and O–H groups in total. The van der Waals surface area contributed by atoms with Gasteiger partial charge >= 0.3 is 0 Å². The molecule has 3 nitrogen and oxygen atoms in total. The quantitative estimate of drug-likeness (QED) is 0.680. The molecule has 0 radical (unpaired) electrons. The Morgan fingerprint density at radius 1 is 1.20 bits per heavy atom. The van der Waals surface area contributed by atoms with E-state index in [-0.39, 0.29) is 11.5 Å². The first-order chi connectivity index (χ1) is 9.61. The molecule has 0 amide bonds. The first kappa shape index (κ1) is 13.9. The third kappa shape index (κ3) is 3.06. The zero-order valence-corrected chi connectivity index (χ0v) is 11.5. The van der Waals surface area contributed by atoms with Crippen LogP contribution in [0.3, 0.4) is 0 Å². The van der Waals surface area contributed by atoms with E-state index in [9.17, 15) is 9.90 Å². The van der Waals surface area contributed by atoms with Crippen LogP contribution in [0.5, 0.6) is 11.5 Å². The van der Waals surface area contributed by atoms with Crippen molar-refractivity contribution in [1.82, 2.24) is 0 Å². The summed E-state index contributed by atoms with van der Waals surface area (Å²) in [6.45, 7) is 1.89. The fourth-order valence-electron chi connectivity index (χ4n) is 1.90. The zero-order valence-electron chi connectivity index (χ0n) is 11.5. The standard InChI is InChI=1S/C17H16O3/c1-12-5-3-4-6-15(12)16(18)10-8-13-7-9-14(20-2)11-17(13)19/h3-11,19H,1-2H3. The SMILES string of the molecule is COc1ccc(C=CC(=O)c2ccccc2C)c(O)c1. The normalized spacial score (nSPS) is 10.7. The van der Waals surface area contributed by atoms with Crippen molar-refractivity contribution in [3.63, 3.8) is 0 Å². The van der Waals surface area contributed by atoms with E-state index in [4.69, 9.17) is 4.74 Å². The number of carbonyl (C=O) groups excluding carboxylic acids is 1. The Hall–Kier alpha value is -2.55. The van der Waals surface area contributed by atoms with E-state index in [2.05, 4.69) is 0 Å². The van der Waals surface area contributed by atoms with Gasteiger partial charge in [-0.1, -0.05) is 24.3 Å². The fourth-order valence-corrected chi connectivity index (χ4v) is 1.90. The minimum Gasteiger partial charge on any atom is -0.507 e. The summed E-state index contributed by atoms with van der Waals surface area (Å²) in [4.78, 5) is 12.1. The molecular formula is C17H16O3. The molecule has 0 spiro atoms. The van der Waals surface area contributed by atoms with Gasteiger partial charge in [-0.2, -0.15) is 0 Å². The Bertz CT molecular complexity index is 657. The number of hydrogen-bond acceptors (Lipinski definition) is 3. The third-order valence-electron chi connectivity index (χ3n) is 3.06. The highest BCUT2D eigenvalue weighted by Gasteiger charge is 2.05. The number of aryl methyl sites for hydroxylation is 1. The maximum atomic E-state index is 12.1. The maximum Gasteiger partial charge on any atom is 0.186 e. The lowest BCUT2D eigenvalue weighted by molar-refractivity contribution is 0.104. The van der Waals surface area contributed by atoms with Gasteiger partial charge in [-0.25, -0.2) is 0 Å². The lowest BCUT2D eigenvalue weighted by atomic mass is 10.0. The van der Waals surface area contributed by atoms with Crippen molar-refractivity contribution in [1.29, 1.82) is 0 Å². The van der Waals surface area contributed by atoms with Gasteiger partial charge in [0.1, 0.15) is 11.5 Å². The molecule has 0 aliphatic rings. The summed E-state index contributed by atoms with van der Waals surface area (Å²) >= 11 is 0. The minimum absolute atomic E-state index is 0.0817. The van der Waals surface area contributed by atoms with E-state index in [0.29, 0.717) is 16.9 Å². The van der Waals surface area contributed by atoms with Gasteiger partial charge in [0.05, 0.1) is 7.11 Å². The molecule has 102 valence electrons. The largest absolute Gasteiger partial charge is 0.507 e. The van der Waals surface area contributed by atoms with Crippen molar-refractivity contribution in [3.8, 4) is 11.5 Å². The molecule has 0 aromatic heterocycles. The number of ether oxygens (including phenoxy) is 1. The number of carbonyl (C=O) groups is 1. The minimum atomic E-state index is -0.0849. The van der Waals surface area contributed by atoms with Crippen LogP contribution in [0.25, 0.3) is 6.08 Å². The van der Waals surface area contributed by atoms with Crippen LogP contribution in [-0.2, 0) is 0 Å². The molecule has 0 aliphatic heterocycles. The Kier molecular flexibility index (Phi) is 4.20. The summed E-state index contributed by atoms with van der Waals surface area (Å²) in [5.41, 5.74) is 2.17. The Morgan fingerprint density at radius 2 is 1.95 bits per heavy atom. The van der Waals surface area contributed by atoms with Crippen molar-refractivity contribution < 1.29 is 14.6 Å². The summed E-state index contributed by atoms with van der Waals surface area (Å²) in [5, 5.41) is 9.82. The topological polar surface area (TPSA) is 46.5 Å². The summed E-state index contributed by atoms with van der Waals surface area (Å²) in [6, 6.07) is 12.4. The van der Waals surface area contributed by atoms with Gasteiger partial charge in [0.15, 0.2) is 5.78 Å². The average molecular weight is 268 g/mol. The number of ketones is 1. The van der Waals surface area contributed by atoms with Crippen molar-refractivity contribution in [2.24, 2.45) is 0 Å². The van der Waals surface area contributed by atoms with E-state index in [1.54, 1.807) is 24.3 Å². The molecule has 3 heteroatoms. The number of benzene rings is 2. The first-order valence-corrected chi connectivity index (χ1v) is 6.27. The lowest BCUT2D eigenvalue weighted by Gasteiger charge is -2.03. The lowest BCUT2D eigenvalue weighted by Crippen LogP contribution is -1.96. The number of rotatable bonds is 4. The van der Waals surface area contributed by atoms with Crippen molar-refractivity contribution in [3.05, 3.63) is 65.2 Å². The van der Waals surface area contributed by atoms with Crippen LogP contribution >= 0.6 is 0 Å². The molecular weight excluding hydrogens is 252 g/mol.